The lowest BCUT2D eigenvalue weighted by Gasteiger charge is -2.23. The van der Waals surface area contributed by atoms with Crippen molar-refractivity contribution in [1.29, 1.82) is 0 Å². The zero-order chi connectivity index (χ0) is 35.3. The Bertz CT molecular complexity index is 3100. The first kappa shape index (κ1) is 30.2. The number of para-hydroxylation sites is 1. The summed E-state index contributed by atoms with van der Waals surface area (Å²) in [4.78, 5) is 15.2. The zero-order valence-corrected chi connectivity index (χ0v) is 29.9. The van der Waals surface area contributed by atoms with Gasteiger partial charge in [0.25, 0.3) is 0 Å². The lowest BCUT2D eigenvalue weighted by atomic mass is 9.80. The molecule has 0 aliphatic heterocycles. The minimum Gasteiger partial charge on any atom is -0.456 e. The van der Waals surface area contributed by atoms with Gasteiger partial charge in [0, 0.05) is 53.1 Å². The van der Waals surface area contributed by atoms with E-state index in [9.17, 15) is 0 Å². The summed E-state index contributed by atoms with van der Waals surface area (Å²) in [6, 6.07) is 53.5. The SMILES string of the molecule is CC1(C)c2cc(-c3cccc(-c4nc(-c5ccccc5)nc(-c5ccc6sc7ccccc7c6c5)n4)c3)ccc2-c2ccc3oc4ccccc4c3c21. The molecule has 10 aromatic rings. The van der Waals surface area contributed by atoms with E-state index in [0.29, 0.717) is 17.5 Å². The number of fused-ring (bicyclic) bond motifs is 10. The molecule has 0 amide bonds. The average Bonchev–Trinajstić information content (AvgIpc) is 3.85. The molecule has 1 aliphatic rings. The summed E-state index contributed by atoms with van der Waals surface area (Å²) in [5.41, 5.74) is 12.0. The monoisotopic (exact) mass is 697 g/mol. The highest BCUT2D eigenvalue weighted by atomic mass is 32.1. The van der Waals surface area contributed by atoms with Crippen molar-refractivity contribution in [2.24, 2.45) is 0 Å². The number of thiophene rings is 1. The molecule has 0 atom stereocenters. The van der Waals surface area contributed by atoms with Gasteiger partial charge in [0.2, 0.25) is 0 Å². The van der Waals surface area contributed by atoms with E-state index in [2.05, 4.69) is 141 Å². The highest BCUT2D eigenvalue weighted by Gasteiger charge is 2.38. The van der Waals surface area contributed by atoms with Gasteiger partial charge in [-0.25, -0.2) is 15.0 Å². The van der Waals surface area contributed by atoms with Crippen LogP contribution >= 0.6 is 11.3 Å². The van der Waals surface area contributed by atoms with E-state index >= 15 is 0 Å². The molecule has 3 heterocycles. The molecule has 0 fully saturated rings. The van der Waals surface area contributed by atoms with Gasteiger partial charge in [0.15, 0.2) is 17.5 Å². The number of rotatable bonds is 4. The van der Waals surface area contributed by atoms with E-state index in [1.807, 2.05) is 35.6 Å². The normalized spacial score (nSPS) is 13.2. The Morgan fingerprint density at radius 3 is 1.92 bits per heavy atom. The first-order valence-corrected chi connectivity index (χ1v) is 18.7. The fourth-order valence-corrected chi connectivity index (χ4v) is 9.44. The van der Waals surface area contributed by atoms with Crippen LogP contribution in [0.15, 0.2) is 156 Å². The summed E-state index contributed by atoms with van der Waals surface area (Å²) in [5.74, 6) is 1.96. The zero-order valence-electron chi connectivity index (χ0n) is 29.1. The molecule has 1 aliphatic carbocycles. The number of nitrogens with zero attached hydrogens (tertiary/aromatic N) is 3. The molecule has 0 saturated carbocycles. The van der Waals surface area contributed by atoms with Gasteiger partial charge in [-0.1, -0.05) is 117 Å². The quantitative estimate of drug-likeness (QED) is 0.184. The molecule has 7 aromatic carbocycles. The molecule has 53 heavy (non-hydrogen) atoms. The Labute approximate surface area is 310 Å². The van der Waals surface area contributed by atoms with Gasteiger partial charge in [0.05, 0.1) is 0 Å². The highest BCUT2D eigenvalue weighted by Crippen LogP contribution is 2.53. The second kappa shape index (κ2) is 11.3. The van der Waals surface area contributed by atoms with Crippen LogP contribution in [0.4, 0.5) is 0 Å². The van der Waals surface area contributed by atoms with Gasteiger partial charge in [-0.15, -0.1) is 11.3 Å². The van der Waals surface area contributed by atoms with Gasteiger partial charge < -0.3 is 4.42 Å². The molecular formula is C48H31N3OS. The van der Waals surface area contributed by atoms with Crippen molar-refractivity contribution in [3.05, 3.63) is 163 Å². The molecule has 0 radical (unpaired) electrons. The van der Waals surface area contributed by atoms with Crippen LogP contribution < -0.4 is 0 Å². The van der Waals surface area contributed by atoms with Crippen LogP contribution in [-0.2, 0) is 5.41 Å². The fraction of sp³-hybridized carbons (Fsp3) is 0.0625. The van der Waals surface area contributed by atoms with Gasteiger partial charge in [-0.05, 0) is 81.9 Å². The van der Waals surface area contributed by atoms with Crippen molar-refractivity contribution in [3.63, 3.8) is 0 Å². The summed E-state index contributed by atoms with van der Waals surface area (Å²) in [6.07, 6.45) is 0. The second-order valence-corrected chi connectivity index (χ2v) is 15.5. The molecule has 0 spiro atoms. The van der Waals surface area contributed by atoms with Crippen LogP contribution in [0, 0.1) is 0 Å². The third-order valence-electron chi connectivity index (χ3n) is 10.9. The van der Waals surface area contributed by atoms with E-state index < -0.39 is 0 Å². The summed E-state index contributed by atoms with van der Waals surface area (Å²) >= 11 is 1.81. The van der Waals surface area contributed by atoms with Crippen molar-refractivity contribution in [2.45, 2.75) is 19.3 Å². The first-order chi connectivity index (χ1) is 26.0. The fourth-order valence-electron chi connectivity index (χ4n) is 8.35. The largest absolute Gasteiger partial charge is 0.456 e. The third-order valence-corrected chi connectivity index (χ3v) is 12.1. The second-order valence-electron chi connectivity index (χ2n) is 14.4. The Morgan fingerprint density at radius 1 is 0.453 bits per heavy atom. The molecule has 5 heteroatoms. The number of hydrogen-bond donors (Lipinski definition) is 0. The summed E-state index contributed by atoms with van der Waals surface area (Å²) in [6.45, 7) is 4.68. The molecule has 0 unspecified atom stereocenters. The number of aromatic nitrogens is 3. The molecule has 0 bridgehead atoms. The van der Waals surface area contributed by atoms with Crippen LogP contribution in [0.5, 0.6) is 0 Å². The molecule has 250 valence electrons. The van der Waals surface area contributed by atoms with Crippen LogP contribution in [0.1, 0.15) is 25.0 Å². The van der Waals surface area contributed by atoms with Crippen molar-refractivity contribution < 1.29 is 4.42 Å². The molecule has 3 aromatic heterocycles. The maximum atomic E-state index is 6.31. The lowest BCUT2D eigenvalue weighted by molar-refractivity contribution is 0.657. The van der Waals surface area contributed by atoms with Gasteiger partial charge >= 0.3 is 0 Å². The van der Waals surface area contributed by atoms with E-state index in [0.717, 1.165) is 39.0 Å². The first-order valence-electron chi connectivity index (χ1n) is 17.9. The van der Waals surface area contributed by atoms with E-state index in [-0.39, 0.29) is 5.41 Å². The van der Waals surface area contributed by atoms with Crippen LogP contribution in [0.2, 0.25) is 0 Å². The average molecular weight is 698 g/mol. The maximum Gasteiger partial charge on any atom is 0.164 e. The highest BCUT2D eigenvalue weighted by molar-refractivity contribution is 7.25. The van der Waals surface area contributed by atoms with Crippen LogP contribution in [0.3, 0.4) is 0 Å². The summed E-state index contributed by atoms with van der Waals surface area (Å²) in [5, 5.41) is 4.86. The Hall–Kier alpha value is -6.43. The Morgan fingerprint density at radius 2 is 1.08 bits per heavy atom. The smallest absolute Gasteiger partial charge is 0.164 e. The van der Waals surface area contributed by atoms with Gasteiger partial charge in [-0.2, -0.15) is 0 Å². The Kier molecular flexibility index (Phi) is 6.43. The van der Waals surface area contributed by atoms with Crippen molar-refractivity contribution in [1.82, 2.24) is 15.0 Å². The van der Waals surface area contributed by atoms with Crippen molar-refractivity contribution in [2.75, 3.05) is 0 Å². The van der Waals surface area contributed by atoms with E-state index in [4.69, 9.17) is 19.4 Å². The topological polar surface area (TPSA) is 51.8 Å². The molecule has 0 N–H and O–H groups in total. The minimum absolute atomic E-state index is 0.215. The summed E-state index contributed by atoms with van der Waals surface area (Å²) < 4.78 is 8.84. The number of benzene rings is 7. The molecular weight excluding hydrogens is 667 g/mol. The predicted molar refractivity (Wildman–Crippen MR) is 219 cm³/mol. The molecule has 4 nitrogen and oxygen atoms in total. The van der Waals surface area contributed by atoms with Crippen LogP contribution in [0.25, 0.3) is 98.5 Å². The van der Waals surface area contributed by atoms with Gasteiger partial charge in [0.1, 0.15) is 11.2 Å². The van der Waals surface area contributed by atoms with E-state index in [1.54, 1.807) is 0 Å². The van der Waals surface area contributed by atoms with Crippen LogP contribution in [-0.4, -0.2) is 15.0 Å². The lowest BCUT2D eigenvalue weighted by Crippen LogP contribution is -2.15. The predicted octanol–water partition coefficient (Wildman–Crippen LogP) is 13.1. The van der Waals surface area contributed by atoms with Gasteiger partial charge in [-0.3, -0.25) is 0 Å². The number of furan rings is 1. The van der Waals surface area contributed by atoms with Crippen molar-refractivity contribution >= 4 is 53.4 Å². The number of hydrogen-bond acceptors (Lipinski definition) is 5. The molecule has 0 saturated heterocycles. The molecule has 11 rings (SSSR count). The maximum absolute atomic E-state index is 6.31. The minimum atomic E-state index is -0.215. The summed E-state index contributed by atoms with van der Waals surface area (Å²) in [7, 11) is 0. The standard InChI is InChI=1S/C48H31N3OS/c1-48(2)38-27-30(19-21-33(38)35-22-23-40-43(44(35)48)36-16-6-8-17-39(36)52-40)29-13-10-14-31(25-29)46-49-45(28-11-4-3-5-12-28)50-47(51-46)32-20-24-42-37(26-32)34-15-7-9-18-41(34)53-42/h3-27H,1-2H3. The third kappa shape index (κ3) is 4.64. The van der Waals surface area contributed by atoms with E-state index in [1.165, 1.54) is 53.2 Å². The van der Waals surface area contributed by atoms with Crippen molar-refractivity contribution in [3.8, 4) is 56.4 Å². The Balaban J connectivity index is 1.03.